The molecule has 7 heteroatoms. The molecule has 19 aromatic carbocycles. The van der Waals surface area contributed by atoms with Gasteiger partial charge in [0.05, 0.1) is 77.2 Å². The van der Waals surface area contributed by atoms with E-state index in [1.165, 1.54) is 214 Å². The predicted octanol–water partition coefficient (Wildman–Crippen LogP) is 31.0. The molecule has 26 rings (SSSR count). The molecular weight excluding hydrogens is 1500 g/mol. The lowest BCUT2D eigenvalue weighted by Crippen LogP contribution is -2.01. The van der Waals surface area contributed by atoms with Gasteiger partial charge in [0.15, 0.2) is 0 Å². The van der Waals surface area contributed by atoms with Crippen LogP contribution in [-0.2, 0) is 0 Å². The van der Waals surface area contributed by atoms with E-state index in [4.69, 9.17) is 0 Å². The lowest BCUT2D eigenvalue weighted by Gasteiger charge is -2.17. The second-order valence-electron chi connectivity index (χ2n) is 33.0. The van der Waals surface area contributed by atoms with E-state index in [0.717, 1.165) is 17.1 Å². The van der Waals surface area contributed by atoms with E-state index in [-0.39, 0.29) is 0 Å². The molecule has 0 saturated carbocycles. The Labute approximate surface area is 716 Å². The van der Waals surface area contributed by atoms with Gasteiger partial charge in [-0.25, -0.2) is 0 Å². The van der Waals surface area contributed by atoms with Crippen LogP contribution in [-0.4, -0.2) is 32.0 Å². The van der Waals surface area contributed by atoms with Gasteiger partial charge in [-0.1, -0.05) is 279 Å². The third-order valence-corrected chi connectivity index (χ3v) is 25.5. The van der Waals surface area contributed by atoms with E-state index in [2.05, 4.69) is 490 Å². The molecule has 0 bridgehead atoms. The molecule has 0 unspecified atom stereocenters. The van der Waals surface area contributed by atoms with Crippen molar-refractivity contribution in [3.63, 3.8) is 0 Å². The molecule has 0 radical (unpaired) electrons. The maximum absolute atomic E-state index is 2.44. The molecule has 0 atom stereocenters. The Morgan fingerprint density at radius 3 is 0.468 bits per heavy atom. The summed E-state index contributed by atoms with van der Waals surface area (Å²) >= 11 is 0. The van der Waals surface area contributed by atoms with E-state index in [9.17, 15) is 0 Å². The maximum Gasteiger partial charge on any atom is 0.0541 e. The van der Waals surface area contributed by atoms with Gasteiger partial charge < -0.3 is 32.0 Å². The van der Waals surface area contributed by atoms with E-state index in [1.54, 1.807) is 0 Å². The zero-order valence-corrected chi connectivity index (χ0v) is 68.7. The molecule has 0 amide bonds. The standard InChI is InChI=1S/C49H33N3.C37H26N2.C31H22N2/c1-32-26-33(28-35(27-32)50-44-20-8-2-14-38(44)39-15-3-9-21-45(39)50)34-29-36(51-46-22-10-4-16-40(46)41-17-5-11-23-47(41)51)31-37(30-34)52-48-24-12-6-18-42(48)43-19-7-13-25-49(43)52;1-25-21-27(24-29(22-25)39-36-19-8-4-15-32(36)33-16-5-9-20-37(33)39)26-11-10-12-28(23-26)38-34-17-6-2-13-30(34)31-14-3-7-18-35(31)38;1-21-18-22(32-28-14-6-2-10-24(28)25-11-3-7-15-29(25)32)20-23(19-21)33-30-16-8-4-12-26(30)27-13-5-9-17-31(27)33/h2-31H,1H3;2-24H,1H3;2-20H,1H3. The highest BCUT2D eigenvalue weighted by atomic mass is 15.0. The fourth-order valence-corrected chi connectivity index (χ4v) is 20.4. The topological polar surface area (TPSA) is 34.5 Å². The summed E-state index contributed by atoms with van der Waals surface area (Å²) in [5, 5.41) is 17.8. The number of hydrogen-bond acceptors (Lipinski definition) is 0. The largest absolute Gasteiger partial charge is 0.309 e. The number of para-hydroxylation sites is 14. The van der Waals surface area contributed by atoms with E-state index >= 15 is 0 Å². The fourth-order valence-electron chi connectivity index (χ4n) is 20.4. The fraction of sp³-hybridized carbons (Fsp3) is 0.0256. The normalized spacial score (nSPS) is 11.8. The highest BCUT2D eigenvalue weighted by molar-refractivity contribution is 6.16. The molecular formula is C117H81N7. The number of rotatable bonds is 9. The highest BCUT2D eigenvalue weighted by Gasteiger charge is 2.23. The first-order chi connectivity index (χ1) is 61.3. The number of nitrogens with zero attached hydrogens (tertiary/aromatic N) is 7. The minimum Gasteiger partial charge on any atom is -0.309 e. The summed E-state index contributed by atoms with van der Waals surface area (Å²) < 4.78 is 16.9. The third-order valence-electron chi connectivity index (χ3n) is 25.5. The van der Waals surface area contributed by atoms with Crippen molar-refractivity contribution in [2.75, 3.05) is 0 Å². The van der Waals surface area contributed by atoms with Gasteiger partial charge in [0.1, 0.15) is 0 Å². The average Bonchev–Trinajstić information content (AvgIpc) is 1.58. The molecule has 0 aliphatic carbocycles. The van der Waals surface area contributed by atoms with Crippen LogP contribution in [0.3, 0.4) is 0 Å². The van der Waals surface area contributed by atoms with Gasteiger partial charge in [-0.2, -0.15) is 0 Å². The van der Waals surface area contributed by atoms with Gasteiger partial charge in [0.25, 0.3) is 0 Å². The number of aryl methyl sites for hydroxylation is 3. The lowest BCUT2D eigenvalue weighted by atomic mass is 10.0. The Hall–Kier alpha value is -16.2. The van der Waals surface area contributed by atoms with Crippen LogP contribution in [0, 0.1) is 20.8 Å². The minimum absolute atomic E-state index is 1.13. The quantitative estimate of drug-likeness (QED) is 0.138. The Morgan fingerprint density at radius 1 is 0.113 bits per heavy atom. The molecule has 0 aliphatic rings. The summed E-state index contributed by atoms with van der Waals surface area (Å²) in [4.78, 5) is 0. The van der Waals surface area contributed by atoms with Crippen molar-refractivity contribution in [3.8, 4) is 62.1 Å². The second kappa shape index (κ2) is 29.1. The summed E-state index contributed by atoms with van der Waals surface area (Å²) in [6, 6.07) is 159. The first-order valence-corrected chi connectivity index (χ1v) is 42.8. The molecule has 7 aromatic heterocycles. The smallest absolute Gasteiger partial charge is 0.0541 e. The van der Waals surface area contributed by atoms with E-state index in [0.29, 0.717) is 0 Å². The summed E-state index contributed by atoms with van der Waals surface area (Å²) in [6.45, 7) is 6.60. The van der Waals surface area contributed by atoms with Crippen LogP contribution in [0.4, 0.5) is 0 Å². The van der Waals surface area contributed by atoms with E-state index < -0.39 is 0 Å². The molecule has 0 spiro atoms. The van der Waals surface area contributed by atoms with Crippen molar-refractivity contribution < 1.29 is 0 Å². The molecule has 26 aromatic rings. The zero-order chi connectivity index (χ0) is 82.2. The molecule has 7 nitrogen and oxygen atoms in total. The van der Waals surface area contributed by atoms with Crippen LogP contribution in [0.1, 0.15) is 16.7 Å². The van der Waals surface area contributed by atoms with Crippen molar-refractivity contribution in [2.24, 2.45) is 0 Å². The highest BCUT2D eigenvalue weighted by Crippen LogP contribution is 2.44. The number of benzene rings is 19. The van der Waals surface area contributed by atoms with Crippen LogP contribution in [0.15, 0.2) is 437 Å². The van der Waals surface area contributed by atoms with Crippen molar-refractivity contribution >= 4 is 153 Å². The van der Waals surface area contributed by atoms with Crippen LogP contribution in [0.25, 0.3) is 215 Å². The van der Waals surface area contributed by atoms with Crippen molar-refractivity contribution in [2.45, 2.75) is 20.8 Å². The first kappa shape index (κ1) is 71.9. The first-order valence-electron chi connectivity index (χ1n) is 42.8. The van der Waals surface area contributed by atoms with Crippen molar-refractivity contribution in [1.82, 2.24) is 32.0 Å². The average molecular weight is 1580 g/mol. The van der Waals surface area contributed by atoms with Crippen molar-refractivity contribution in [3.05, 3.63) is 453 Å². The molecule has 0 aliphatic heterocycles. The Balaban J connectivity index is 0.000000108. The Kier molecular flexibility index (Phi) is 16.8. The summed E-state index contributed by atoms with van der Waals surface area (Å²) in [5.41, 5.74) is 33.7. The zero-order valence-electron chi connectivity index (χ0n) is 68.7. The van der Waals surface area contributed by atoms with E-state index in [1.807, 2.05) is 0 Å². The van der Waals surface area contributed by atoms with Crippen LogP contribution < -0.4 is 0 Å². The van der Waals surface area contributed by atoms with Crippen molar-refractivity contribution in [1.29, 1.82) is 0 Å². The molecule has 7 heterocycles. The van der Waals surface area contributed by atoms with Crippen LogP contribution >= 0.6 is 0 Å². The van der Waals surface area contributed by atoms with Crippen LogP contribution in [0.5, 0.6) is 0 Å². The Morgan fingerprint density at radius 2 is 0.258 bits per heavy atom. The molecule has 124 heavy (non-hydrogen) atoms. The molecule has 584 valence electrons. The number of hydrogen-bond donors (Lipinski definition) is 0. The number of fused-ring (bicyclic) bond motifs is 21. The van der Waals surface area contributed by atoms with Gasteiger partial charge in [0, 0.05) is 115 Å². The monoisotopic (exact) mass is 1580 g/mol. The van der Waals surface area contributed by atoms with Gasteiger partial charge in [-0.15, -0.1) is 0 Å². The van der Waals surface area contributed by atoms with Gasteiger partial charge in [-0.3, -0.25) is 0 Å². The van der Waals surface area contributed by atoms with Gasteiger partial charge >= 0.3 is 0 Å². The maximum atomic E-state index is 2.44. The van der Waals surface area contributed by atoms with Gasteiger partial charge in [0.2, 0.25) is 0 Å². The summed E-state index contributed by atoms with van der Waals surface area (Å²) in [6.07, 6.45) is 0. The number of aromatic nitrogens is 7. The SMILES string of the molecule is Cc1cc(-c2cc(-n3c4ccccc4c4ccccc43)cc(-n3c4ccccc4c4ccccc43)c2)cc(-n2c3ccccc3c3ccccc32)c1.Cc1cc(-c2cccc(-n3c4ccccc4c4ccccc43)c2)cc(-n2c3ccccc3c3ccccc32)c1.Cc1cc(-n2c3ccccc3c3ccccc32)cc(-n2c3ccccc3c3ccccc32)c1. The second-order valence-corrected chi connectivity index (χ2v) is 33.0. The Bertz CT molecular complexity index is 8180. The summed E-state index contributed by atoms with van der Waals surface area (Å²) in [7, 11) is 0. The predicted molar refractivity (Wildman–Crippen MR) is 525 cm³/mol. The van der Waals surface area contributed by atoms with Crippen LogP contribution in [0.2, 0.25) is 0 Å². The minimum atomic E-state index is 1.13. The lowest BCUT2D eigenvalue weighted by molar-refractivity contribution is 1.12. The molecule has 0 fully saturated rings. The molecule has 0 saturated heterocycles. The molecule has 0 N–H and O–H groups in total. The third kappa shape index (κ3) is 11.6. The summed E-state index contributed by atoms with van der Waals surface area (Å²) in [5.74, 6) is 0. The van der Waals surface area contributed by atoms with Gasteiger partial charge in [-0.05, 0) is 217 Å².